The van der Waals surface area contributed by atoms with Gasteiger partial charge in [0.25, 0.3) is 10.0 Å². The molecule has 92 valence electrons. The molecule has 0 saturated carbocycles. The van der Waals surface area contributed by atoms with Crippen LogP contribution in [0, 0.1) is 20.8 Å². The number of nitrogens with zero attached hydrogens (tertiary/aromatic N) is 2. The summed E-state index contributed by atoms with van der Waals surface area (Å²) >= 11 is 0. The highest BCUT2D eigenvalue weighted by Gasteiger charge is 2.23. The summed E-state index contributed by atoms with van der Waals surface area (Å²) in [7, 11) is -3.64. The zero-order valence-corrected chi connectivity index (χ0v) is 10.5. The Morgan fingerprint density at radius 1 is 1.24 bits per heavy atom. The lowest BCUT2D eigenvalue weighted by Crippen LogP contribution is -2.15. The van der Waals surface area contributed by atoms with Gasteiger partial charge in [0.15, 0.2) is 0 Å². The van der Waals surface area contributed by atoms with Gasteiger partial charge in [-0.05, 0) is 20.8 Å². The second kappa shape index (κ2) is 3.88. The van der Waals surface area contributed by atoms with Gasteiger partial charge in [-0.2, -0.15) is 10.2 Å². The number of aromatic amines is 2. The molecule has 0 aromatic carbocycles. The number of aryl methyl sites for hydroxylation is 3. The highest BCUT2D eigenvalue weighted by atomic mass is 32.2. The summed E-state index contributed by atoms with van der Waals surface area (Å²) in [6.45, 7) is 5.06. The minimum absolute atomic E-state index is 0.173. The summed E-state index contributed by atoms with van der Waals surface area (Å²) in [5.41, 5.74) is 1.67. The van der Waals surface area contributed by atoms with E-state index < -0.39 is 10.0 Å². The van der Waals surface area contributed by atoms with Crippen molar-refractivity contribution in [1.29, 1.82) is 0 Å². The first kappa shape index (κ1) is 11.6. The second-order valence-electron chi connectivity index (χ2n) is 3.80. The molecule has 7 nitrogen and oxygen atoms in total. The molecule has 0 atom stereocenters. The summed E-state index contributed by atoms with van der Waals surface area (Å²) in [5.74, 6) is 0.366. The van der Waals surface area contributed by atoms with Crippen LogP contribution in [-0.2, 0) is 10.0 Å². The molecule has 0 unspecified atom stereocenters. The van der Waals surface area contributed by atoms with E-state index in [1.165, 1.54) is 0 Å². The van der Waals surface area contributed by atoms with Gasteiger partial charge >= 0.3 is 0 Å². The van der Waals surface area contributed by atoms with Gasteiger partial charge in [-0.1, -0.05) is 0 Å². The molecule has 0 bridgehead atoms. The molecule has 2 rings (SSSR count). The first-order valence-corrected chi connectivity index (χ1v) is 6.44. The first-order valence-electron chi connectivity index (χ1n) is 4.96. The lowest BCUT2D eigenvalue weighted by atomic mass is 10.4. The minimum atomic E-state index is -3.64. The van der Waals surface area contributed by atoms with Gasteiger partial charge in [-0.3, -0.25) is 14.9 Å². The van der Waals surface area contributed by atoms with Crippen molar-refractivity contribution in [2.24, 2.45) is 0 Å². The Morgan fingerprint density at radius 2 is 1.94 bits per heavy atom. The number of hydrogen-bond acceptors (Lipinski definition) is 4. The average molecular weight is 255 g/mol. The van der Waals surface area contributed by atoms with Crippen LogP contribution in [0.5, 0.6) is 0 Å². The molecule has 0 saturated heterocycles. The van der Waals surface area contributed by atoms with Crippen molar-refractivity contribution in [2.75, 3.05) is 4.72 Å². The molecule has 3 N–H and O–H groups in total. The molecule has 17 heavy (non-hydrogen) atoms. The third kappa shape index (κ3) is 2.03. The quantitative estimate of drug-likeness (QED) is 0.756. The van der Waals surface area contributed by atoms with E-state index in [1.807, 2.05) is 0 Å². The number of rotatable bonds is 3. The molecular formula is C9H13N5O2S. The van der Waals surface area contributed by atoms with Crippen LogP contribution in [0.1, 0.15) is 17.0 Å². The van der Waals surface area contributed by atoms with E-state index in [0.29, 0.717) is 17.2 Å². The summed E-state index contributed by atoms with van der Waals surface area (Å²) in [4.78, 5) is 0.173. The molecule has 0 fully saturated rings. The molecule has 2 aromatic heterocycles. The maximum absolute atomic E-state index is 12.1. The molecule has 0 spiro atoms. The fourth-order valence-corrected chi connectivity index (χ4v) is 3.03. The monoisotopic (exact) mass is 255 g/mol. The summed E-state index contributed by atoms with van der Waals surface area (Å²) in [6.07, 6.45) is 1.55. The van der Waals surface area contributed by atoms with Crippen molar-refractivity contribution in [3.05, 3.63) is 23.1 Å². The third-order valence-electron chi connectivity index (χ3n) is 2.39. The van der Waals surface area contributed by atoms with Gasteiger partial charge in [0.1, 0.15) is 10.7 Å². The third-order valence-corrected chi connectivity index (χ3v) is 4.01. The highest BCUT2D eigenvalue weighted by Crippen LogP contribution is 2.20. The van der Waals surface area contributed by atoms with Crippen LogP contribution in [0.15, 0.2) is 11.1 Å². The van der Waals surface area contributed by atoms with Crippen molar-refractivity contribution in [1.82, 2.24) is 20.4 Å². The second-order valence-corrected chi connectivity index (χ2v) is 5.42. The molecular weight excluding hydrogens is 242 g/mol. The van der Waals surface area contributed by atoms with Gasteiger partial charge in [0.05, 0.1) is 17.6 Å². The topological polar surface area (TPSA) is 104 Å². The Morgan fingerprint density at radius 3 is 2.41 bits per heavy atom. The van der Waals surface area contributed by atoms with E-state index in [2.05, 4.69) is 25.1 Å². The largest absolute Gasteiger partial charge is 0.281 e. The van der Waals surface area contributed by atoms with E-state index in [4.69, 9.17) is 0 Å². The molecule has 2 aromatic rings. The fourth-order valence-electron chi connectivity index (χ4n) is 1.57. The number of sulfonamides is 1. The van der Waals surface area contributed by atoms with Crippen molar-refractivity contribution < 1.29 is 8.42 Å². The van der Waals surface area contributed by atoms with Crippen LogP contribution in [0.4, 0.5) is 5.82 Å². The Labute approximate surface area is 98.7 Å². The predicted molar refractivity (Wildman–Crippen MR) is 62.2 cm³/mol. The van der Waals surface area contributed by atoms with Crippen molar-refractivity contribution in [3.63, 3.8) is 0 Å². The smallest absolute Gasteiger partial charge is 0.266 e. The number of anilines is 1. The zero-order chi connectivity index (χ0) is 12.6. The van der Waals surface area contributed by atoms with Crippen LogP contribution < -0.4 is 4.72 Å². The molecule has 0 aliphatic heterocycles. The van der Waals surface area contributed by atoms with Gasteiger partial charge in [0.2, 0.25) is 0 Å². The maximum atomic E-state index is 12.1. The number of hydrogen-bond donors (Lipinski definition) is 3. The number of nitrogens with one attached hydrogen (secondary N) is 3. The van der Waals surface area contributed by atoms with Crippen LogP contribution in [-0.4, -0.2) is 28.8 Å². The van der Waals surface area contributed by atoms with E-state index in [0.717, 1.165) is 5.56 Å². The molecule has 0 aliphatic rings. The van der Waals surface area contributed by atoms with E-state index in [-0.39, 0.29) is 4.90 Å². The van der Waals surface area contributed by atoms with Gasteiger partial charge in [-0.15, -0.1) is 0 Å². The first-order chi connectivity index (χ1) is 7.92. The SMILES string of the molecule is Cc1cn[nH]c1NS(=O)(=O)c1c(C)n[nH]c1C. The van der Waals surface area contributed by atoms with E-state index >= 15 is 0 Å². The lowest BCUT2D eigenvalue weighted by molar-refractivity contribution is 0.600. The van der Waals surface area contributed by atoms with Crippen molar-refractivity contribution >= 4 is 15.8 Å². The minimum Gasteiger partial charge on any atom is -0.281 e. The maximum Gasteiger partial charge on any atom is 0.266 e. The fraction of sp³-hybridized carbons (Fsp3) is 0.333. The van der Waals surface area contributed by atoms with E-state index in [9.17, 15) is 8.42 Å². The predicted octanol–water partition coefficient (Wildman–Crippen LogP) is 0.859. The van der Waals surface area contributed by atoms with Gasteiger partial charge in [0, 0.05) is 5.56 Å². The van der Waals surface area contributed by atoms with Crippen molar-refractivity contribution in [2.45, 2.75) is 25.7 Å². The lowest BCUT2D eigenvalue weighted by Gasteiger charge is -2.06. The summed E-state index contributed by atoms with van der Waals surface area (Å²) < 4.78 is 26.7. The Bertz CT molecular complexity index is 621. The molecule has 0 radical (unpaired) electrons. The Hall–Kier alpha value is -1.83. The summed E-state index contributed by atoms with van der Waals surface area (Å²) in [5, 5.41) is 12.9. The van der Waals surface area contributed by atoms with E-state index in [1.54, 1.807) is 27.0 Å². The Kier molecular flexibility index (Phi) is 2.66. The average Bonchev–Trinajstić information content (AvgIpc) is 2.74. The van der Waals surface area contributed by atoms with Crippen molar-refractivity contribution in [3.8, 4) is 0 Å². The zero-order valence-electron chi connectivity index (χ0n) is 9.70. The Balaban J connectivity index is 2.42. The normalized spacial score (nSPS) is 11.7. The van der Waals surface area contributed by atoms with Crippen LogP contribution >= 0.6 is 0 Å². The highest BCUT2D eigenvalue weighted by molar-refractivity contribution is 7.92. The van der Waals surface area contributed by atoms with Crippen LogP contribution in [0.2, 0.25) is 0 Å². The number of aromatic nitrogens is 4. The van der Waals surface area contributed by atoms with Crippen LogP contribution in [0.25, 0.3) is 0 Å². The molecule has 2 heterocycles. The van der Waals surface area contributed by atoms with Gasteiger partial charge in [-0.25, -0.2) is 8.42 Å². The molecule has 0 amide bonds. The molecule has 8 heteroatoms. The van der Waals surface area contributed by atoms with Gasteiger partial charge < -0.3 is 0 Å². The number of H-pyrrole nitrogens is 2. The van der Waals surface area contributed by atoms with Crippen LogP contribution in [0.3, 0.4) is 0 Å². The summed E-state index contributed by atoms with van der Waals surface area (Å²) in [6, 6.07) is 0. The standard InChI is InChI=1S/C9H13N5O2S/c1-5-4-10-13-9(5)14-17(15,16)8-6(2)11-12-7(8)3/h4H,1-3H3,(H,11,12)(H2,10,13,14). The molecule has 0 aliphatic carbocycles.